The molecule has 0 spiro atoms. The van der Waals surface area contributed by atoms with E-state index in [4.69, 9.17) is 0 Å². The third kappa shape index (κ3) is 3.45. The Morgan fingerprint density at radius 1 is 1.25 bits per heavy atom. The molecule has 0 aromatic carbocycles. The number of ether oxygens (including phenoxy) is 3. The minimum Gasteiger partial charge on any atom is -0.450 e. The number of rotatable bonds is 4. The van der Waals surface area contributed by atoms with Crippen molar-refractivity contribution in [3.05, 3.63) is 0 Å². The molecule has 1 atom stereocenters. The summed E-state index contributed by atoms with van der Waals surface area (Å²) in [6.07, 6.45) is -14.2. The summed E-state index contributed by atoms with van der Waals surface area (Å²) in [6, 6.07) is 0. The van der Waals surface area contributed by atoms with Crippen molar-refractivity contribution in [3.63, 3.8) is 0 Å². The number of hydrogen-bond donors (Lipinski definition) is 1. The molecule has 11 heteroatoms. The molecule has 1 heterocycles. The Morgan fingerprint density at radius 3 is 2.20 bits per heavy atom. The summed E-state index contributed by atoms with van der Waals surface area (Å²) >= 11 is 0. The van der Waals surface area contributed by atoms with E-state index < -0.39 is 36.9 Å². The zero-order valence-electron chi connectivity index (χ0n) is 9.88. The standard InChI is InChI=1S/C9H11F6NO4/c10-8(11,12)7(9(13,14)15)19-4-5(20-7)2-1-3-18-6(16)17/h5H,1-4H2,(H2,16,17). The SMILES string of the molecule is NC(=O)OCCCC1COC(C(F)(F)F)(C(F)(F)F)O1. The second-order valence-corrected chi connectivity index (χ2v) is 3.97. The number of amides is 1. The zero-order chi connectivity index (χ0) is 15.6. The molecule has 1 unspecified atom stereocenters. The summed E-state index contributed by atoms with van der Waals surface area (Å²) in [5.74, 6) is -4.60. The first kappa shape index (κ1) is 16.8. The molecule has 1 fully saturated rings. The van der Waals surface area contributed by atoms with Crippen molar-refractivity contribution in [2.75, 3.05) is 13.2 Å². The van der Waals surface area contributed by atoms with Crippen LogP contribution in [0.3, 0.4) is 0 Å². The van der Waals surface area contributed by atoms with Gasteiger partial charge >= 0.3 is 24.2 Å². The highest BCUT2D eigenvalue weighted by Gasteiger charge is 2.77. The molecule has 0 radical (unpaired) electrons. The number of hydrogen-bond acceptors (Lipinski definition) is 4. The molecule has 1 amide bonds. The maximum atomic E-state index is 12.5. The van der Waals surface area contributed by atoms with Gasteiger partial charge in [0.2, 0.25) is 0 Å². The number of alkyl halides is 6. The molecule has 2 N–H and O–H groups in total. The normalized spacial score (nSPS) is 22.8. The average molecular weight is 311 g/mol. The summed E-state index contributed by atoms with van der Waals surface area (Å²) < 4.78 is 87.3. The fourth-order valence-corrected chi connectivity index (χ4v) is 1.60. The Morgan fingerprint density at radius 2 is 1.80 bits per heavy atom. The van der Waals surface area contributed by atoms with Gasteiger partial charge in [0.25, 0.3) is 0 Å². The molecule has 0 aromatic rings. The van der Waals surface area contributed by atoms with Gasteiger partial charge in [0.15, 0.2) is 0 Å². The number of carbonyl (C=O) groups is 1. The molecule has 118 valence electrons. The highest BCUT2D eigenvalue weighted by Crippen LogP contribution is 2.50. The van der Waals surface area contributed by atoms with Gasteiger partial charge in [0, 0.05) is 0 Å². The first-order valence-electron chi connectivity index (χ1n) is 5.37. The van der Waals surface area contributed by atoms with E-state index in [1.54, 1.807) is 0 Å². The van der Waals surface area contributed by atoms with Crippen LogP contribution >= 0.6 is 0 Å². The van der Waals surface area contributed by atoms with Crippen LogP contribution < -0.4 is 5.73 Å². The highest BCUT2D eigenvalue weighted by molar-refractivity contribution is 5.64. The quantitative estimate of drug-likeness (QED) is 0.637. The second kappa shape index (κ2) is 5.64. The average Bonchev–Trinajstić information content (AvgIpc) is 2.68. The number of halogens is 6. The Balaban J connectivity index is 2.61. The first-order valence-corrected chi connectivity index (χ1v) is 5.37. The van der Waals surface area contributed by atoms with E-state index in [2.05, 4.69) is 19.9 Å². The van der Waals surface area contributed by atoms with Crippen LogP contribution in [0.25, 0.3) is 0 Å². The van der Waals surface area contributed by atoms with Gasteiger partial charge in [-0.25, -0.2) is 4.79 Å². The number of carbonyl (C=O) groups excluding carboxylic acids is 1. The van der Waals surface area contributed by atoms with Crippen molar-refractivity contribution in [2.45, 2.75) is 37.1 Å². The Kier molecular flexibility index (Phi) is 4.74. The lowest BCUT2D eigenvalue weighted by atomic mass is 10.2. The topological polar surface area (TPSA) is 70.8 Å². The van der Waals surface area contributed by atoms with Crippen molar-refractivity contribution in [1.82, 2.24) is 0 Å². The summed E-state index contributed by atoms with van der Waals surface area (Å²) in [5, 5.41) is 0. The Hall–Kier alpha value is -1.23. The van der Waals surface area contributed by atoms with Crippen LogP contribution in [-0.4, -0.2) is 43.6 Å². The Bertz CT molecular complexity index is 341. The molecule has 1 aliphatic rings. The van der Waals surface area contributed by atoms with Gasteiger partial charge in [-0.15, -0.1) is 0 Å². The smallest absolute Gasteiger partial charge is 0.450 e. The molecule has 0 aromatic heterocycles. The van der Waals surface area contributed by atoms with Crippen molar-refractivity contribution < 1.29 is 45.3 Å². The van der Waals surface area contributed by atoms with Gasteiger partial charge < -0.3 is 19.9 Å². The van der Waals surface area contributed by atoms with Crippen molar-refractivity contribution in [3.8, 4) is 0 Å². The molecule has 0 bridgehead atoms. The van der Waals surface area contributed by atoms with Crippen LogP contribution in [0, 0.1) is 0 Å². The maximum Gasteiger partial charge on any atom is 0.453 e. The number of nitrogens with two attached hydrogens (primary N) is 1. The van der Waals surface area contributed by atoms with Crippen LogP contribution in [0.5, 0.6) is 0 Å². The molecule has 1 rings (SSSR count). The van der Waals surface area contributed by atoms with E-state index >= 15 is 0 Å². The van der Waals surface area contributed by atoms with Gasteiger partial charge in [-0.05, 0) is 12.8 Å². The summed E-state index contributed by atoms with van der Waals surface area (Å²) in [6.45, 7) is -1.10. The van der Waals surface area contributed by atoms with Crippen molar-refractivity contribution >= 4 is 6.09 Å². The van der Waals surface area contributed by atoms with E-state index in [-0.39, 0.29) is 19.4 Å². The molecular weight excluding hydrogens is 300 g/mol. The maximum absolute atomic E-state index is 12.5. The second-order valence-electron chi connectivity index (χ2n) is 3.97. The van der Waals surface area contributed by atoms with E-state index in [0.29, 0.717) is 0 Å². The van der Waals surface area contributed by atoms with Gasteiger partial charge in [-0.1, -0.05) is 0 Å². The van der Waals surface area contributed by atoms with Gasteiger partial charge in [-0.3, -0.25) is 0 Å². The molecule has 1 aliphatic heterocycles. The van der Waals surface area contributed by atoms with Crippen LogP contribution in [0.2, 0.25) is 0 Å². The molecule has 0 saturated carbocycles. The molecule has 5 nitrogen and oxygen atoms in total. The largest absolute Gasteiger partial charge is 0.453 e. The van der Waals surface area contributed by atoms with E-state index in [1.165, 1.54) is 0 Å². The monoisotopic (exact) mass is 311 g/mol. The molecule has 0 aliphatic carbocycles. The predicted octanol–water partition coefficient (Wildman–Crippen LogP) is 2.10. The van der Waals surface area contributed by atoms with Crippen LogP contribution in [0.1, 0.15) is 12.8 Å². The molecular formula is C9H11F6NO4. The van der Waals surface area contributed by atoms with Crippen LogP contribution in [0.4, 0.5) is 31.1 Å². The minimum absolute atomic E-state index is 0.0111. The molecule has 1 saturated heterocycles. The lowest BCUT2D eigenvalue weighted by Crippen LogP contribution is -2.58. The van der Waals surface area contributed by atoms with E-state index in [0.717, 1.165) is 0 Å². The predicted molar refractivity (Wildman–Crippen MR) is 50.4 cm³/mol. The highest BCUT2D eigenvalue weighted by atomic mass is 19.4. The van der Waals surface area contributed by atoms with Crippen molar-refractivity contribution in [1.29, 1.82) is 0 Å². The lowest BCUT2D eigenvalue weighted by molar-refractivity contribution is -0.443. The zero-order valence-corrected chi connectivity index (χ0v) is 9.88. The van der Waals surface area contributed by atoms with Crippen LogP contribution in [-0.2, 0) is 14.2 Å². The third-order valence-corrected chi connectivity index (χ3v) is 2.47. The molecule has 20 heavy (non-hydrogen) atoms. The van der Waals surface area contributed by atoms with Gasteiger partial charge in [0.05, 0.1) is 19.3 Å². The fourth-order valence-electron chi connectivity index (χ4n) is 1.60. The van der Waals surface area contributed by atoms with E-state index in [1.807, 2.05) is 0 Å². The van der Waals surface area contributed by atoms with Gasteiger partial charge in [0.1, 0.15) is 0 Å². The summed E-state index contributed by atoms with van der Waals surface area (Å²) in [7, 11) is 0. The van der Waals surface area contributed by atoms with Crippen molar-refractivity contribution in [2.24, 2.45) is 5.73 Å². The fraction of sp³-hybridized carbons (Fsp3) is 0.889. The van der Waals surface area contributed by atoms with Crippen LogP contribution in [0.15, 0.2) is 0 Å². The lowest BCUT2D eigenvalue weighted by Gasteiger charge is -2.31. The Labute approximate surface area is 108 Å². The third-order valence-electron chi connectivity index (χ3n) is 2.47. The minimum atomic E-state index is -5.75. The first-order chi connectivity index (χ1) is 8.99. The number of primary amides is 1. The van der Waals surface area contributed by atoms with Gasteiger partial charge in [-0.2, -0.15) is 26.3 Å². The summed E-state index contributed by atoms with van der Waals surface area (Å²) in [5.41, 5.74) is 4.63. The van der Waals surface area contributed by atoms with E-state index in [9.17, 15) is 31.1 Å². The summed E-state index contributed by atoms with van der Waals surface area (Å²) in [4.78, 5) is 10.2.